The minimum absolute atomic E-state index is 0.0349. The summed E-state index contributed by atoms with van der Waals surface area (Å²) in [4.78, 5) is 39.5. The molecule has 2 amide bonds. The predicted octanol–water partition coefficient (Wildman–Crippen LogP) is 4.82. The number of nitrogens with one attached hydrogen (secondary N) is 1. The van der Waals surface area contributed by atoms with Gasteiger partial charge in [-0.3, -0.25) is 24.0 Å². The van der Waals surface area contributed by atoms with Gasteiger partial charge in [0.05, 0.1) is 15.5 Å². The Balaban J connectivity index is 2.07. The molecule has 0 spiro atoms. The molecule has 0 aliphatic rings. The maximum Gasteiger partial charge on any atom is 0.271 e. The van der Waals surface area contributed by atoms with Gasteiger partial charge in [-0.15, -0.1) is 0 Å². The Morgan fingerprint density at radius 3 is 2.32 bits per heavy atom. The van der Waals surface area contributed by atoms with E-state index in [4.69, 9.17) is 0 Å². The van der Waals surface area contributed by atoms with Crippen LogP contribution in [0, 0.1) is 17.0 Å². The van der Waals surface area contributed by atoms with E-state index in [0.717, 1.165) is 34.3 Å². The number of benzene rings is 3. The van der Waals surface area contributed by atoms with Crippen LogP contribution in [0.25, 0.3) is 0 Å². The van der Waals surface area contributed by atoms with Crippen molar-refractivity contribution in [3.63, 3.8) is 0 Å². The summed E-state index contributed by atoms with van der Waals surface area (Å²) in [5.41, 5.74) is 1.40. The number of unbranched alkanes of at least 4 members (excludes halogenated alkanes) is 1. The maximum absolute atomic E-state index is 14.1. The number of anilines is 1. The van der Waals surface area contributed by atoms with Crippen LogP contribution in [0.1, 0.15) is 44.2 Å². The van der Waals surface area contributed by atoms with Gasteiger partial charge in [-0.2, -0.15) is 0 Å². The van der Waals surface area contributed by atoms with Gasteiger partial charge in [0.1, 0.15) is 12.6 Å². The summed E-state index contributed by atoms with van der Waals surface area (Å²) in [6.45, 7) is 5.59. The van der Waals surface area contributed by atoms with Crippen LogP contribution in [-0.2, 0) is 26.2 Å². The van der Waals surface area contributed by atoms with E-state index in [9.17, 15) is 28.1 Å². The van der Waals surface area contributed by atoms with Crippen LogP contribution in [0.2, 0.25) is 0 Å². The number of amides is 2. The molecule has 0 saturated heterocycles. The number of aryl methyl sites for hydroxylation is 1. The van der Waals surface area contributed by atoms with Gasteiger partial charge in [0.2, 0.25) is 11.8 Å². The molecule has 0 aromatic heterocycles. The number of hydrogen-bond donors (Lipinski definition) is 1. The predicted molar refractivity (Wildman–Crippen MR) is 158 cm³/mol. The van der Waals surface area contributed by atoms with Crippen molar-refractivity contribution in [3.8, 4) is 0 Å². The number of sulfonamides is 1. The van der Waals surface area contributed by atoms with Crippen LogP contribution < -0.4 is 9.62 Å². The van der Waals surface area contributed by atoms with Gasteiger partial charge in [-0.05, 0) is 43.5 Å². The van der Waals surface area contributed by atoms with Crippen LogP contribution in [0.3, 0.4) is 0 Å². The SMILES string of the molecule is CCCCNC(=O)[C@H](CC)N(Cc1cccc(C)c1)C(=O)CN(c1cccc([N+](=O)[O-])c1)S(=O)(=O)c1ccccc1. The first-order valence-corrected chi connectivity index (χ1v) is 15.0. The minimum atomic E-state index is -4.31. The Kier molecular flexibility index (Phi) is 11.0. The van der Waals surface area contributed by atoms with Gasteiger partial charge in [0.15, 0.2) is 0 Å². The summed E-state index contributed by atoms with van der Waals surface area (Å²) in [7, 11) is -4.31. The van der Waals surface area contributed by atoms with Gasteiger partial charge in [0.25, 0.3) is 15.7 Å². The number of nitro groups is 1. The smallest absolute Gasteiger partial charge is 0.271 e. The second kappa shape index (κ2) is 14.4. The lowest BCUT2D eigenvalue weighted by atomic mass is 10.1. The lowest BCUT2D eigenvalue weighted by molar-refractivity contribution is -0.384. The molecular formula is C30H36N4O6S. The van der Waals surface area contributed by atoms with E-state index in [2.05, 4.69) is 5.32 Å². The van der Waals surface area contributed by atoms with Crippen LogP contribution in [0.15, 0.2) is 83.8 Å². The van der Waals surface area contributed by atoms with Crippen molar-refractivity contribution in [2.45, 2.75) is 57.5 Å². The number of hydrogen-bond acceptors (Lipinski definition) is 6. The van der Waals surface area contributed by atoms with E-state index < -0.39 is 33.4 Å². The van der Waals surface area contributed by atoms with Crippen LogP contribution >= 0.6 is 0 Å². The molecule has 0 aliphatic heterocycles. The highest BCUT2D eigenvalue weighted by Crippen LogP contribution is 2.27. The first-order valence-electron chi connectivity index (χ1n) is 13.5. The molecule has 1 N–H and O–H groups in total. The molecular weight excluding hydrogens is 544 g/mol. The standard InChI is InChI=1S/C30H36N4O6S/c1-4-6-18-31-30(36)28(5-2)32(21-24-13-10-12-23(3)19-24)29(35)22-33(25-14-11-15-26(20-25)34(37)38)41(39,40)27-16-8-7-9-17-27/h7-17,19-20,28H,4-6,18,21-22H2,1-3H3,(H,31,36)/t28-/m0/s1. The van der Waals surface area contributed by atoms with E-state index in [1.165, 1.54) is 35.2 Å². The third-order valence-electron chi connectivity index (χ3n) is 6.59. The average molecular weight is 581 g/mol. The van der Waals surface area contributed by atoms with Crippen molar-refractivity contribution >= 4 is 33.2 Å². The Bertz CT molecular complexity index is 1460. The van der Waals surface area contributed by atoms with Crippen molar-refractivity contribution in [2.75, 3.05) is 17.4 Å². The maximum atomic E-state index is 14.1. The molecule has 0 radical (unpaired) electrons. The normalized spacial score (nSPS) is 11.9. The molecule has 10 nitrogen and oxygen atoms in total. The first-order chi connectivity index (χ1) is 19.6. The lowest BCUT2D eigenvalue weighted by Gasteiger charge is -2.33. The van der Waals surface area contributed by atoms with Gasteiger partial charge in [0, 0.05) is 25.2 Å². The van der Waals surface area contributed by atoms with E-state index >= 15 is 0 Å². The summed E-state index contributed by atoms with van der Waals surface area (Å²) in [6, 6.07) is 19.4. The topological polar surface area (TPSA) is 130 Å². The molecule has 0 bridgehead atoms. The van der Waals surface area contributed by atoms with E-state index in [0.29, 0.717) is 13.0 Å². The van der Waals surface area contributed by atoms with Crippen molar-refractivity contribution in [1.29, 1.82) is 0 Å². The van der Waals surface area contributed by atoms with Crippen LogP contribution in [0.5, 0.6) is 0 Å². The van der Waals surface area contributed by atoms with Crippen molar-refractivity contribution in [1.82, 2.24) is 10.2 Å². The van der Waals surface area contributed by atoms with Crippen LogP contribution in [0.4, 0.5) is 11.4 Å². The summed E-state index contributed by atoms with van der Waals surface area (Å²) >= 11 is 0. The summed E-state index contributed by atoms with van der Waals surface area (Å²) < 4.78 is 28.5. The Morgan fingerprint density at radius 1 is 0.976 bits per heavy atom. The largest absolute Gasteiger partial charge is 0.354 e. The molecule has 3 rings (SSSR count). The molecule has 0 heterocycles. The fourth-order valence-corrected chi connectivity index (χ4v) is 5.87. The zero-order valence-corrected chi connectivity index (χ0v) is 24.3. The molecule has 218 valence electrons. The third-order valence-corrected chi connectivity index (χ3v) is 8.38. The van der Waals surface area contributed by atoms with Crippen molar-refractivity contribution in [3.05, 3.63) is 100 Å². The number of carbonyl (C=O) groups excluding carboxylic acids is 2. The second-order valence-corrected chi connectivity index (χ2v) is 11.5. The minimum Gasteiger partial charge on any atom is -0.354 e. The molecule has 0 fully saturated rings. The highest BCUT2D eigenvalue weighted by molar-refractivity contribution is 7.92. The Labute approximate surface area is 241 Å². The summed E-state index contributed by atoms with van der Waals surface area (Å²) in [5.74, 6) is -0.940. The summed E-state index contributed by atoms with van der Waals surface area (Å²) in [6.07, 6.45) is 1.97. The fraction of sp³-hybridized carbons (Fsp3) is 0.333. The van der Waals surface area contributed by atoms with Gasteiger partial charge in [-0.25, -0.2) is 8.42 Å². The van der Waals surface area contributed by atoms with Gasteiger partial charge >= 0.3 is 0 Å². The number of rotatable bonds is 14. The quantitative estimate of drug-likeness (QED) is 0.165. The van der Waals surface area contributed by atoms with Crippen molar-refractivity contribution in [2.24, 2.45) is 0 Å². The molecule has 41 heavy (non-hydrogen) atoms. The number of nitro benzene ring substituents is 1. The summed E-state index contributed by atoms with van der Waals surface area (Å²) in [5, 5.41) is 14.4. The van der Waals surface area contributed by atoms with Gasteiger partial charge in [-0.1, -0.05) is 74.4 Å². The zero-order valence-electron chi connectivity index (χ0n) is 23.5. The van der Waals surface area contributed by atoms with E-state index in [1.807, 2.05) is 38.1 Å². The number of non-ortho nitro benzene ring substituents is 1. The molecule has 3 aromatic rings. The highest BCUT2D eigenvalue weighted by atomic mass is 32.2. The average Bonchev–Trinajstić information content (AvgIpc) is 2.96. The fourth-order valence-electron chi connectivity index (χ4n) is 4.44. The highest BCUT2D eigenvalue weighted by Gasteiger charge is 2.34. The number of nitrogens with zero attached hydrogens (tertiary/aromatic N) is 3. The molecule has 0 unspecified atom stereocenters. The molecule has 1 atom stereocenters. The van der Waals surface area contributed by atoms with Gasteiger partial charge < -0.3 is 10.2 Å². The first kappa shape index (κ1) is 31.3. The number of carbonyl (C=O) groups is 2. The molecule has 0 aliphatic carbocycles. The second-order valence-electron chi connectivity index (χ2n) is 9.68. The lowest BCUT2D eigenvalue weighted by Crippen LogP contribution is -2.52. The third kappa shape index (κ3) is 8.14. The van der Waals surface area contributed by atoms with E-state index in [-0.39, 0.29) is 28.7 Å². The monoisotopic (exact) mass is 580 g/mol. The Hall–Kier alpha value is -4.25. The molecule has 11 heteroatoms. The van der Waals surface area contributed by atoms with Crippen molar-refractivity contribution < 1.29 is 22.9 Å². The van der Waals surface area contributed by atoms with Crippen LogP contribution in [-0.4, -0.2) is 49.2 Å². The molecule has 3 aromatic carbocycles. The zero-order chi connectivity index (χ0) is 30.0. The molecule has 0 saturated carbocycles. The Morgan fingerprint density at radius 2 is 1.68 bits per heavy atom. The van der Waals surface area contributed by atoms with E-state index in [1.54, 1.807) is 25.1 Å².